The Labute approximate surface area is 130 Å². The Morgan fingerprint density at radius 1 is 1.14 bits per heavy atom. The van der Waals surface area contributed by atoms with Crippen LogP contribution in [0.25, 0.3) is 0 Å². The number of halogens is 2. The molecule has 0 atom stereocenters. The minimum Gasteiger partial charge on any atom is -0.478 e. The molecule has 1 aromatic carbocycles. The lowest BCUT2D eigenvalue weighted by Crippen LogP contribution is -2.23. The van der Waals surface area contributed by atoms with Gasteiger partial charge in [0.15, 0.2) is 0 Å². The number of amides is 1. The van der Waals surface area contributed by atoms with Crippen molar-refractivity contribution in [3.63, 3.8) is 0 Å². The first-order chi connectivity index (χ1) is 9.97. The van der Waals surface area contributed by atoms with Crippen molar-refractivity contribution in [2.45, 2.75) is 6.54 Å². The zero-order chi connectivity index (χ0) is 15.4. The molecule has 7 heteroatoms. The van der Waals surface area contributed by atoms with Crippen LogP contribution in [0.2, 0.25) is 10.2 Å². The molecule has 0 fully saturated rings. The second kappa shape index (κ2) is 6.56. The Hall–Kier alpha value is -2.11. The quantitative estimate of drug-likeness (QED) is 0.847. The van der Waals surface area contributed by atoms with Crippen LogP contribution in [0, 0.1) is 0 Å². The minimum absolute atomic E-state index is 0.137. The SMILES string of the molecule is O=C(O)c1ccc(CNC(=O)c2cnc(Cl)c(Cl)c2)cc1. The first-order valence-electron chi connectivity index (χ1n) is 5.89. The summed E-state index contributed by atoms with van der Waals surface area (Å²) in [5, 5.41) is 11.8. The van der Waals surface area contributed by atoms with Gasteiger partial charge in [-0.2, -0.15) is 0 Å². The number of carbonyl (C=O) groups is 2. The van der Waals surface area contributed by atoms with E-state index >= 15 is 0 Å². The topological polar surface area (TPSA) is 79.3 Å². The molecule has 108 valence electrons. The normalized spacial score (nSPS) is 10.2. The fourth-order valence-electron chi connectivity index (χ4n) is 1.59. The van der Waals surface area contributed by atoms with E-state index in [9.17, 15) is 9.59 Å². The van der Waals surface area contributed by atoms with E-state index in [2.05, 4.69) is 10.3 Å². The van der Waals surface area contributed by atoms with Crippen molar-refractivity contribution in [3.8, 4) is 0 Å². The number of nitrogens with one attached hydrogen (secondary N) is 1. The van der Waals surface area contributed by atoms with Gasteiger partial charge in [0, 0.05) is 12.7 Å². The molecule has 0 unspecified atom stereocenters. The van der Waals surface area contributed by atoms with Gasteiger partial charge in [0.2, 0.25) is 0 Å². The molecule has 21 heavy (non-hydrogen) atoms. The summed E-state index contributed by atoms with van der Waals surface area (Å²) in [6.07, 6.45) is 1.33. The maximum Gasteiger partial charge on any atom is 0.335 e. The summed E-state index contributed by atoms with van der Waals surface area (Å²) in [5.74, 6) is -1.34. The van der Waals surface area contributed by atoms with Gasteiger partial charge in [-0.1, -0.05) is 35.3 Å². The summed E-state index contributed by atoms with van der Waals surface area (Å²) in [7, 11) is 0. The summed E-state index contributed by atoms with van der Waals surface area (Å²) in [6.45, 7) is 0.263. The number of carboxylic acids is 1. The third-order valence-corrected chi connectivity index (χ3v) is 3.40. The molecule has 2 rings (SSSR count). The number of benzene rings is 1. The number of nitrogens with zero attached hydrogens (tertiary/aromatic N) is 1. The van der Waals surface area contributed by atoms with E-state index < -0.39 is 5.97 Å². The van der Waals surface area contributed by atoms with Crippen LogP contribution >= 0.6 is 23.2 Å². The zero-order valence-electron chi connectivity index (χ0n) is 10.6. The molecule has 1 heterocycles. The van der Waals surface area contributed by atoms with E-state index in [1.54, 1.807) is 12.1 Å². The van der Waals surface area contributed by atoms with Gasteiger partial charge < -0.3 is 10.4 Å². The number of rotatable bonds is 4. The average molecular weight is 325 g/mol. The molecule has 1 amide bonds. The minimum atomic E-state index is -0.993. The number of aromatic nitrogens is 1. The lowest BCUT2D eigenvalue weighted by Gasteiger charge is -2.06. The van der Waals surface area contributed by atoms with E-state index in [-0.39, 0.29) is 28.2 Å². The lowest BCUT2D eigenvalue weighted by atomic mass is 10.1. The third kappa shape index (κ3) is 3.93. The monoisotopic (exact) mass is 324 g/mol. The van der Waals surface area contributed by atoms with Gasteiger partial charge in [-0.25, -0.2) is 9.78 Å². The fraction of sp³-hybridized carbons (Fsp3) is 0.0714. The molecule has 0 saturated carbocycles. The maximum atomic E-state index is 11.9. The summed E-state index contributed by atoms with van der Waals surface area (Å²) < 4.78 is 0. The van der Waals surface area contributed by atoms with Gasteiger partial charge in [-0.15, -0.1) is 0 Å². The van der Waals surface area contributed by atoms with Crippen LogP contribution < -0.4 is 5.32 Å². The first kappa shape index (κ1) is 15.3. The standard InChI is InChI=1S/C14H10Cl2N2O3/c15-11-5-10(7-17-12(11)16)13(19)18-6-8-1-3-9(4-2-8)14(20)21/h1-5,7H,6H2,(H,18,19)(H,20,21). The summed E-state index contributed by atoms with van der Waals surface area (Å²) in [6, 6.07) is 7.66. The van der Waals surface area contributed by atoms with Crippen LogP contribution in [0.1, 0.15) is 26.3 Å². The highest BCUT2D eigenvalue weighted by atomic mass is 35.5. The van der Waals surface area contributed by atoms with Crippen molar-refractivity contribution in [1.29, 1.82) is 0 Å². The molecule has 2 N–H and O–H groups in total. The van der Waals surface area contributed by atoms with Crippen LogP contribution in [-0.4, -0.2) is 22.0 Å². The van der Waals surface area contributed by atoms with Crippen LogP contribution in [0.15, 0.2) is 36.5 Å². The Morgan fingerprint density at radius 3 is 2.38 bits per heavy atom. The van der Waals surface area contributed by atoms with Crippen molar-refractivity contribution >= 4 is 35.1 Å². The van der Waals surface area contributed by atoms with E-state index in [0.29, 0.717) is 5.56 Å². The van der Waals surface area contributed by atoms with Crippen molar-refractivity contribution in [2.75, 3.05) is 0 Å². The summed E-state index contributed by atoms with van der Waals surface area (Å²) >= 11 is 11.5. The van der Waals surface area contributed by atoms with Crippen LogP contribution in [0.5, 0.6) is 0 Å². The molecular formula is C14H10Cl2N2O3. The Balaban J connectivity index is 2.00. The van der Waals surface area contributed by atoms with E-state index in [1.807, 2.05) is 0 Å². The second-order valence-corrected chi connectivity index (χ2v) is 4.95. The number of hydrogen-bond donors (Lipinski definition) is 2. The van der Waals surface area contributed by atoms with Crippen LogP contribution in [0.3, 0.4) is 0 Å². The lowest BCUT2D eigenvalue weighted by molar-refractivity contribution is 0.0696. The maximum absolute atomic E-state index is 11.9. The predicted molar refractivity (Wildman–Crippen MR) is 78.8 cm³/mol. The molecular weight excluding hydrogens is 315 g/mol. The Kier molecular flexibility index (Phi) is 4.77. The van der Waals surface area contributed by atoms with E-state index in [0.717, 1.165) is 5.56 Å². The molecule has 5 nitrogen and oxygen atoms in total. The number of pyridine rings is 1. The largest absolute Gasteiger partial charge is 0.478 e. The number of carboxylic acid groups (broad SMARTS) is 1. The number of aromatic carboxylic acids is 1. The van der Waals surface area contributed by atoms with E-state index in [4.69, 9.17) is 28.3 Å². The second-order valence-electron chi connectivity index (χ2n) is 4.18. The first-order valence-corrected chi connectivity index (χ1v) is 6.64. The molecule has 0 bridgehead atoms. The fourth-order valence-corrected chi connectivity index (χ4v) is 1.86. The number of carbonyl (C=O) groups excluding carboxylic acids is 1. The van der Waals surface area contributed by atoms with Crippen molar-refractivity contribution < 1.29 is 14.7 Å². The molecule has 0 saturated heterocycles. The molecule has 0 aliphatic rings. The molecule has 0 aliphatic carbocycles. The highest BCUT2D eigenvalue weighted by Gasteiger charge is 2.09. The Bertz CT molecular complexity index is 687. The molecule has 1 aromatic heterocycles. The van der Waals surface area contributed by atoms with Gasteiger partial charge in [0.05, 0.1) is 16.1 Å². The summed E-state index contributed by atoms with van der Waals surface area (Å²) in [4.78, 5) is 26.4. The third-order valence-electron chi connectivity index (χ3n) is 2.71. The van der Waals surface area contributed by atoms with Crippen molar-refractivity contribution in [3.05, 3.63) is 63.4 Å². The average Bonchev–Trinajstić information content (AvgIpc) is 2.48. The molecule has 2 aromatic rings. The van der Waals surface area contributed by atoms with Crippen molar-refractivity contribution in [2.24, 2.45) is 0 Å². The van der Waals surface area contributed by atoms with Gasteiger partial charge in [0.1, 0.15) is 5.15 Å². The van der Waals surface area contributed by atoms with Gasteiger partial charge in [-0.05, 0) is 23.8 Å². The van der Waals surface area contributed by atoms with Gasteiger partial charge >= 0.3 is 5.97 Å². The van der Waals surface area contributed by atoms with Gasteiger partial charge in [-0.3, -0.25) is 4.79 Å². The molecule has 0 radical (unpaired) electrons. The van der Waals surface area contributed by atoms with Crippen molar-refractivity contribution in [1.82, 2.24) is 10.3 Å². The predicted octanol–water partition coefficient (Wildman–Crippen LogP) is 3.02. The highest BCUT2D eigenvalue weighted by molar-refractivity contribution is 6.41. The number of hydrogen-bond acceptors (Lipinski definition) is 3. The zero-order valence-corrected chi connectivity index (χ0v) is 12.1. The molecule has 0 spiro atoms. The highest BCUT2D eigenvalue weighted by Crippen LogP contribution is 2.19. The van der Waals surface area contributed by atoms with Crippen LogP contribution in [-0.2, 0) is 6.54 Å². The van der Waals surface area contributed by atoms with E-state index in [1.165, 1.54) is 24.4 Å². The summed E-state index contributed by atoms with van der Waals surface area (Å²) in [5.41, 5.74) is 1.27. The van der Waals surface area contributed by atoms with Gasteiger partial charge in [0.25, 0.3) is 5.91 Å². The Morgan fingerprint density at radius 2 is 1.81 bits per heavy atom. The smallest absolute Gasteiger partial charge is 0.335 e. The molecule has 0 aliphatic heterocycles. The van der Waals surface area contributed by atoms with Crippen LogP contribution in [0.4, 0.5) is 0 Å².